The van der Waals surface area contributed by atoms with Crippen LogP contribution >= 0.6 is 0 Å². The van der Waals surface area contributed by atoms with Gasteiger partial charge in [-0.05, 0) is 86.1 Å². The van der Waals surface area contributed by atoms with Gasteiger partial charge in [-0.15, -0.1) is 0 Å². The molecule has 0 aliphatic rings. The van der Waals surface area contributed by atoms with E-state index in [0.29, 0.717) is 0 Å². The van der Waals surface area contributed by atoms with Gasteiger partial charge in [-0.25, -0.2) is 0 Å². The highest BCUT2D eigenvalue weighted by molar-refractivity contribution is 6.16. The number of nitrogens with zero attached hydrogens (tertiary/aromatic N) is 1. The molecule has 2 heteroatoms. The first kappa shape index (κ1) is 31.6. The van der Waals surface area contributed by atoms with Gasteiger partial charge in [-0.3, -0.25) is 0 Å². The van der Waals surface area contributed by atoms with Crippen LogP contribution in [0.2, 0.25) is 0 Å². The first-order valence-electron chi connectivity index (χ1n) is 18.4. The minimum atomic E-state index is 0.853. The van der Waals surface area contributed by atoms with E-state index in [4.69, 9.17) is 4.42 Å². The Morgan fingerprint density at radius 3 is 1.63 bits per heavy atom. The summed E-state index contributed by atoms with van der Waals surface area (Å²) in [6, 6.07) is 75.7. The molecule has 0 saturated carbocycles. The Hall–Kier alpha value is -7.16. The summed E-state index contributed by atoms with van der Waals surface area (Å²) in [5, 5.41) is 4.69. The quantitative estimate of drug-likeness (QED) is 0.166. The smallest absolute Gasteiger partial charge is 0.159 e. The molecule has 1 aromatic heterocycles. The van der Waals surface area contributed by atoms with Crippen molar-refractivity contribution in [2.24, 2.45) is 0 Å². The fourth-order valence-electron chi connectivity index (χ4n) is 7.93. The average molecular weight is 690 g/mol. The second-order valence-corrected chi connectivity index (χ2v) is 13.7. The molecule has 0 atom stereocenters. The fourth-order valence-corrected chi connectivity index (χ4v) is 7.93. The molecule has 9 aromatic carbocycles. The Morgan fingerprint density at radius 1 is 0.333 bits per heavy atom. The van der Waals surface area contributed by atoms with Gasteiger partial charge in [-0.2, -0.15) is 0 Å². The molecule has 0 aliphatic carbocycles. The summed E-state index contributed by atoms with van der Waals surface area (Å²) in [5.41, 5.74) is 14.3. The summed E-state index contributed by atoms with van der Waals surface area (Å²) in [7, 11) is 0. The van der Waals surface area contributed by atoms with E-state index in [1.165, 1.54) is 33.0 Å². The summed E-state index contributed by atoms with van der Waals surface area (Å²) in [4.78, 5) is 2.35. The van der Waals surface area contributed by atoms with E-state index in [2.05, 4.69) is 217 Å². The summed E-state index contributed by atoms with van der Waals surface area (Å²) >= 11 is 0. The van der Waals surface area contributed by atoms with Crippen LogP contribution in [-0.4, -0.2) is 0 Å². The van der Waals surface area contributed by atoms with E-state index in [1.54, 1.807) is 0 Å². The van der Waals surface area contributed by atoms with Crippen molar-refractivity contribution in [3.63, 3.8) is 0 Å². The highest BCUT2D eigenvalue weighted by Gasteiger charge is 2.23. The number of hydrogen-bond acceptors (Lipinski definition) is 2. The van der Waals surface area contributed by atoms with E-state index in [9.17, 15) is 0 Å². The number of hydrogen-bond donors (Lipinski definition) is 0. The van der Waals surface area contributed by atoms with Gasteiger partial charge in [-0.1, -0.05) is 176 Å². The maximum atomic E-state index is 6.86. The monoisotopic (exact) mass is 689 g/mol. The minimum absolute atomic E-state index is 0.853. The number of rotatable bonds is 7. The van der Waals surface area contributed by atoms with Gasteiger partial charge < -0.3 is 9.32 Å². The highest BCUT2D eigenvalue weighted by Crippen LogP contribution is 2.47. The average Bonchev–Trinajstić information content (AvgIpc) is 3.65. The second-order valence-electron chi connectivity index (χ2n) is 13.7. The van der Waals surface area contributed by atoms with Crippen molar-refractivity contribution < 1.29 is 4.42 Å². The Balaban J connectivity index is 1.15. The zero-order valence-electron chi connectivity index (χ0n) is 29.6. The van der Waals surface area contributed by atoms with Gasteiger partial charge in [0.15, 0.2) is 5.58 Å². The van der Waals surface area contributed by atoms with Crippen LogP contribution < -0.4 is 4.90 Å². The third kappa shape index (κ3) is 5.53. The lowest BCUT2D eigenvalue weighted by Crippen LogP contribution is -2.11. The maximum Gasteiger partial charge on any atom is 0.159 e. The standard InChI is InChI=1S/C52H35NO/c1-4-15-37(16-5-1)43-23-12-21-40-29-30-41(35-47(40)43)36-31-33-42(34-32-36)53(48-26-11-10-22-44(48)38-17-6-2-7-18-38)49-27-13-25-46-51-45(39-19-8-3-9-20-39)24-14-28-50(51)54-52(46)49/h1-35H. The Labute approximate surface area is 314 Å². The Morgan fingerprint density at radius 2 is 0.889 bits per heavy atom. The zero-order chi connectivity index (χ0) is 35.8. The van der Waals surface area contributed by atoms with Gasteiger partial charge in [0.2, 0.25) is 0 Å². The van der Waals surface area contributed by atoms with Crippen molar-refractivity contribution in [2.75, 3.05) is 4.90 Å². The van der Waals surface area contributed by atoms with Crippen molar-refractivity contribution in [1.82, 2.24) is 0 Å². The number of anilines is 3. The molecule has 0 saturated heterocycles. The Bertz CT molecular complexity index is 2910. The van der Waals surface area contributed by atoms with Crippen LogP contribution in [0.25, 0.3) is 77.2 Å². The molecule has 0 bridgehead atoms. The lowest BCUT2D eigenvalue weighted by atomic mass is 9.94. The molecule has 254 valence electrons. The normalized spacial score (nSPS) is 11.3. The van der Waals surface area contributed by atoms with Crippen molar-refractivity contribution in [3.05, 3.63) is 212 Å². The van der Waals surface area contributed by atoms with Gasteiger partial charge >= 0.3 is 0 Å². The van der Waals surface area contributed by atoms with Crippen LogP contribution in [0.1, 0.15) is 0 Å². The summed E-state index contributed by atoms with van der Waals surface area (Å²) < 4.78 is 6.86. The lowest BCUT2D eigenvalue weighted by molar-refractivity contribution is 0.669. The molecule has 0 aliphatic heterocycles. The van der Waals surface area contributed by atoms with Gasteiger partial charge in [0.1, 0.15) is 5.58 Å². The van der Waals surface area contributed by atoms with E-state index in [1.807, 2.05) is 0 Å². The predicted octanol–water partition coefficient (Wildman–Crippen LogP) is 14.9. The molecule has 10 rings (SSSR count). The summed E-state index contributed by atoms with van der Waals surface area (Å²) in [6.45, 7) is 0. The lowest BCUT2D eigenvalue weighted by Gasteiger charge is -2.28. The molecule has 0 fully saturated rings. The van der Waals surface area contributed by atoms with Gasteiger partial charge in [0.05, 0.1) is 11.4 Å². The molecular formula is C52H35NO. The molecule has 0 amide bonds. The van der Waals surface area contributed by atoms with Crippen molar-refractivity contribution >= 4 is 49.8 Å². The zero-order valence-corrected chi connectivity index (χ0v) is 29.6. The SMILES string of the molecule is c1ccc(-c2ccccc2N(c2ccc(-c3ccc4cccc(-c5ccccc5)c4c3)cc2)c2cccc3c2oc2cccc(-c4ccccc4)c23)cc1. The van der Waals surface area contributed by atoms with Gasteiger partial charge in [0, 0.05) is 22.0 Å². The maximum absolute atomic E-state index is 6.86. The van der Waals surface area contributed by atoms with Crippen LogP contribution in [0.4, 0.5) is 17.1 Å². The predicted molar refractivity (Wildman–Crippen MR) is 228 cm³/mol. The Kier molecular flexibility index (Phi) is 7.85. The molecule has 10 aromatic rings. The number of furan rings is 1. The molecule has 54 heavy (non-hydrogen) atoms. The number of benzene rings is 9. The third-order valence-corrected chi connectivity index (χ3v) is 10.5. The molecule has 0 N–H and O–H groups in total. The molecular weight excluding hydrogens is 655 g/mol. The topological polar surface area (TPSA) is 16.4 Å². The van der Waals surface area contributed by atoms with Crippen molar-refractivity contribution in [1.29, 1.82) is 0 Å². The second kappa shape index (κ2) is 13.4. The first-order chi connectivity index (χ1) is 26.8. The van der Waals surface area contributed by atoms with E-state index >= 15 is 0 Å². The van der Waals surface area contributed by atoms with Crippen LogP contribution in [-0.2, 0) is 0 Å². The van der Waals surface area contributed by atoms with Crippen LogP contribution in [0.5, 0.6) is 0 Å². The van der Waals surface area contributed by atoms with E-state index < -0.39 is 0 Å². The largest absolute Gasteiger partial charge is 0.454 e. The van der Waals surface area contributed by atoms with Crippen molar-refractivity contribution in [3.8, 4) is 44.5 Å². The molecule has 1 heterocycles. The summed E-state index contributed by atoms with van der Waals surface area (Å²) in [5.74, 6) is 0. The third-order valence-electron chi connectivity index (χ3n) is 10.5. The fraction of sp³-hybridized carbons (Fsp3) is 0. The molecule has 0 radical (unpaired) electrons. The number of fused-ring (bicyclic) bond motifs is 4. The van der Waals surface area contributed by atoms with Gasteiger partial charge in [0.25, 0.3) is 0 Å². The molecule has 2 nitrogen and oxygen atoms in total. The molecule has 0 spiro atoms. The highest BCUT2D eigenvalue weighted by atomic mass is 16.3. The molecule has 0 unspecified atom stereocenters. The first-order valence-corrected chi connectivity index (χ1v) is 18.4. The van der Waals surface area contributed by atoms with Crippen LogP contribution in [0.15, 0.2) is 217 Å². The summed E-state index contributed by atoms with van der Waals surface area (Å²) in [6.07, 6.45) is 0. The minimum Gasteiger partial charge on any atom is -0.454 e. The van der Waals surface area contributed by atoms with Crippen molar-refractivity contribution in [2.45, 2.75) is 0 Å². The van der Waals surface area contributed by atoms with Crippen LogP contribution in [0, 0.1) is 0 Å². The number of para-hydroxylation sites is 2. The van der Waals surface area contributed by atoms with E-state index in [-0.39, 0.29) is 0 Å². The van der Waals surface area contributed by atoms with E-state index in [0.717, 1.165) is 61.3 Å². The van der Waals surface area contributed by atoms with Crippen LogP contribution in [0.3, 0.4) is 0 Å².